The predicted molar refractivity (Wildman–Crippen MR) is 117 cm³/mol. The molecule has 0 spiro atoms. The van der Waals surface area contributed by atoms with E-state index >= 15 is 0 Å². The minimum atomic E-state index is -0.700. The van der Waals surface area contributed by atoms with E-state index in [1.54, 1.807) is 12.1 Å². The van der Waals surface area contributed by atoms with Gasteiger partial charge >= 0.3 is 0 Å². The summed E-state index contributed by atoms with van der Waals surface area (Å²) >= 11 is 0. The molecule has 3 aromatic rings. The van der Waals surface area contributed by atoms with Crippen LogP contribution in [0.1, 0.15) is 54.6 Å². The number of nitrogens with one attached hydrogen (secondary N) is 1. The van der Waals surface area contributed by atoms with Crippen LogP contribution in [0.25, 0.3) is 5.69 Å². The van der Waals surface area contributed by atoms with Gasteiger partial charge in [-0.3, -0.25) is 9.59 Å². The summed E-state index contributed by atoms with van der Waals surface area (Å²) in [5.41, 5.74) is 4.21. The van der Waals surface area contributed by atoms with Gasteiger partial charge in [0.1, 0.15) is 5.82 Å². The Balaban J connectivity index is 1.82. The Morgan fingerprint density at radius 2 is 1.87 bits per heavy atom. The molecule has 2 aromatic carbocycles. The number of nitrogens with zero attached hydrogens (tertiary/aromatic N) is 2. The Morgan fingerprint density at radius 1 is 1.16 bits per heavy atom. The number of rotatable bonds is 6. The molecule has 160 valence electrons. The zero-order valence-electron chi connectivity index (χ0n) is 17.8. The Bertz CT molecular complexity index is 1090. The Hall–Kier alpha value is -3.28. The van der Waals surface area contributed by atoms with Gasteiger partial charge in [-0.05, 0) is 43.2 Å². The number of ketones is 1. The van der Waals surface area contributed by atoms with E-state index in [1.807, 2.05) is 48.9 Å². The van der Waals surface area contributed by atoms with Crippen LogP contribution in [0.3, 0.4) is 0 Å². The van der Waals surface area contributed by atoms with Gasteiger partial charge in [0.15, 0.2) is 5.78 Å². The molecule has 1 aromatic heterocycles. The van der Waals surface area contributed by atoms with Crippen molar-refractivity contribution in [3.05, 3.63) is 82.9 Å². The number of carbonyl (C=O) groups excluding carboxylic acids is 2. The number of halogens is 1. The lowest BCUT2D eigenvalue weighted by Gasteiger charge is -2.32. The summed E-state index contributed by atoms with van der Waals surface area (Å²) in [6.45, 7) is 3.94. The topological polar surface area (TPSA) is 64.0 Å². The molecular weight excluding hydrogens is 393 g/mol. The van der Waals surface area contributed by atoms with Crippen LogP contribution in [0.4, 0.5) is 4.39 Å². The summed E-state index contributed by atoms with van der Waals surface area (Å²) in [6, 6.07) is 15.1. The van der Waals surface area contributed by atoms with Gasteiger partial charge in [0.2, 0.25) is 5.91 Å². The third kappa shape index (κ3) is 4.15. The van der Waals surface area contributed by atoms with Crippen LogP contribution in [0, 0.1) is 12.7 Å². The average Bonchev–Trinajstić information content (AvgIpc) is 3.10. The summed E-state index contributed by atoms with van der Waals surface area (Å²) in [5, 5.41) is 7.70. The van der Waals surface area contributed by atoms with Crippen molar-refractivity contribution in [2.24, 2.45) is 0 Å². The molecule has 0 saturated carbocycles. The fraction of sp³-hybridized carbons (Fsp3) is 0.320. The van der Waals surface area contributed by atoms with Crippen LogP contribution >= 0.6 is 0 Å². The van der Waals surface area contributed by atoms with Crippen molar-refractivity contribution in [1.29, 1.82) is 0 Å². The van der Waals surface area contributed by atoms with E-state index in [4.69, 9.17) is 5.10 Å². The van der Waals surface area contributed by atoms with Gasteiger partial charge in [0, 0.05) is 17.9 Å². The molecule has 1 aliphatic rings. The zero-order chi connectivity index (χ0) is 22.0. The second-order valence-electron chi connectivity index (χ2n) is 8.01. The lowest BCUT2D eigenvalue weighted by Crippen LogP contribution is -2.48. The van der Waals surface area contributed by atoms with Gasteiger partial charge in [0.05, 0.1) is 29.5 Å². The highest BCUT2D eigenvalue weighted by atomic mass is 19.1. The fourth-order valence-corrected chi connectivity index (χ4v) is 4.35. The molecule has 1 heterocycles. The maximum Gasteiger partial charge on any atom is 0.220 e. The standard InChI is InChI=1S/C25H26FN3O2/c1-3-4-10-22(31)27-25-21(30)15-20-23(24(25)17-11-13-18(26)14-12-17)16(2)28-29(20)19-8-6-5-7-9-19/h5-9,11-14,24-25H,3-4,10,15H2,1-2H3,(H,27,31)/t24-,25+/m0/s1. The molecule has 0 aliphatic heterocycles. The first-order chi connectivity index (χ1) is 15.0. The van der Waals surface area contributed by atoms with Gasteiger partial charge in [-0.2, -0.15) is 5.10 Å². The summed E-state index contributed by atoms with van der Waals surface area (Å²) < 4.78 is 15.4. The molecule has 0 fully saturated rings. The minimum Gasteiger partial charge on any atom is -0.345 e. The molecule has 5 nitrogen and oxygen atoms in total. The molecule has 0 unspecified atom stereocenters. The number of aryl methyl sites for hydroxylation is 1. The normalized spacial score (nSPS) is 18.0. The SMILES string of the molecule is CCCCC(=O)N[C@@H]1C(=O)Cc2c(c(C)nn2-c2ccccc2)[C@@H]1c1ccc(F)cc1. The summed E-state index contributed by atoms with van der Waals surface area (Å²) in [4.78, 5) is 25.8. The molecule has 1 amide bonds. The van der Waals surface area contributed by atoms with Crippen LogP contribution in [0.5, 0.6) is 0 Å². The van der Waals surface area contributed by atoms with E-state index in [0.29, 0.717) is 6.42 Å². The van der Waals surface area contributed by atoms with Gasteiger partial charge in [0.25, 0.3) is 0 Å². The van der Waals surface area contributed by atoms with E-state index in [-0.39, 0.29) is 23.9 Å². The molecule has 1 aliphatic carbocycles. The maximum atomic E-state index is 13.6. The second kappa shape index (κ2) is 8.84. The lowest BCUT2D eigenvalue weighted by atomic mass is 9.76. The predicted octanol–water partition coefficient (Wildman–Crippen LogP) is 4.25. The molecule has 31 heavy (non-hydrogen) atoms. The van der Waals surface area contributed by atoms with Crippen molar-refractivity contribution in [2.45, 2.75) is 51.5 Å². The van der Waals surface area contributed by atoms with Crippen molar-refractivity contribution in [3.8, 4) is 5.69 Å². The average molecular weight is 420 g/mol. The fourth-order valence-electron chi connectivity index (χ4n) is 4.35. The van der Waals surface area contributed by atoms with Crippen LogP contribution in [-0.4, -0.2) is 27.5 Å². The van der Waals surface area contributed by atoms with Gasteiger partial charge in [-0.1, -0.05) is 43.7 Å². The van der Waals surface area contributed by atoms with Crippen molar-refractivity contribution in [3.63, 3.8) is 0 Å². The molecule has 0 radical (unpaired) electrons. The highest BCUT2D eigenvalue weighted by Crippen LogP contribution is 2.38. The lowest BCUT2D eigenvalue weighted by molar-refractivity contribution is -0.128. The number of hydrogen-bond acceptors (Lipinski definition) is 3. The molecule has 0 bridgehead atoms. The Kier molecular flexibility index (Phi) is 5.98. The highest BCUT2D eigenvalue weighted by molar-refractivity contribution is 5.93. The first-order valence-electron chi connectivity index (χ1n) is 10.7. The molecule has 6 heteroatoms. The summed E-state index contributed by atoms with van der Waals surface area (Å²) in [5.74, 6) is -0.959. The maximum absolute atomic E-state index is 13.6. The van der Waals surface area contributed by atoms with Crippen molar-refractivity contribution in [1.82, 2.24) is 15.1 Å². The van der Waals surface area contributed by atoms with E-state index in [1.165, 1.54) is 12.1 Å². The smallest absolute Gasteiger partial charge is 0.220 e. The van der Waals surface area contributed by atoms with Crippen LogP contribution < -0.4 is 5.32 Å². The number of benzene rings is 2. The number of hydrogen-bond donors (Lipinski definition) is 1. The molecular formula is C25H26FN3O2. The van der Waals surface area contributed by atoms with Crippen molar-refractivity contribution < 1.29 is 14.0 Å². The summed E-state index contributed by atoms with van der Waals surface area (Å²) in [6.07, 6.45) is 2.23. The molecule has 0 saturated heterocycles. The number of Topliss-reactive ketones (excluding diaryl/α,β-unsaturated/α-hetero) is 1. The number of para-hydroxylation sites is 1. The monoisotopic (exact) mass is 419 g/mol. The van der Waals surface area contributed by atoms with E-state index in [9.17, 15) is 14.0 Å². The Labute approximate surface area is 181 Å². The highest BCUT2D eigenvalue weighted by Gasteiger charge is 2.41. The second-order valence-corrected chi connectivity index (χ2v) is 8.01. The van der Waals surface area contributed by atoms with Crippen molar-refractivity contribution >= 4 is 11.7 Å². The number of amides is 1. The number of aromatic nitrogens is 2. The zero-order valence-corrected chi connectivity index (χ0v) is 17.8. The first kappa shape index (κ1) is 21.0. The van der Waals surface area contributed by atoms with Crippen LogP contribution in [0.15, 0.2) is 54.6 Å². The van der Waals surface area contributed by atoms with E-state index < -0.39 is 12.0 Å². The van der Waals surface area contributed by atoms with Crippen molar-refractivity contribution in [2.75, 3.05) is 0 Å². The third-order valence-electron chi connectivity index (χ3n) is 5.84. The molecule has 4 rings (SSSR count). The van der Waals surface area contributed by atoms with E-state index in [2.05, 4.69) is 5.32 Å². The van der Waals surface area contributed by atoms with Gasteiger partial charge in [-0.15, -0.1) is 0 Å². The molecule has 1 N–H and O–H groups in total. The van der Waals surface area contributed by atoms with E-state index in [0.717, 1.165) is 41.0 Å². The first-order valence-corrected chi connectivity index (χ1v) is 10.7. The number of carbonyl (C=O) groups is 2. The number of fused-ring (bicyclic) bond motifs is 1. The largest absolute Gasteiger partial charge is 0.345 e. The summed E-state index contributed by atoms with van der Waals surface area (Å²) in [7, 11) is 0. The molecule has 2 atom stereocenters. The quantitative estimate of drug-likeness (QED) is 0.650. The van der Waals surface area contributed by atoms with Crippen LogP contribution in [0.2, 0.25) is 0 Å². The van der Waals surface area contributed by atoms with Crippen LogP contribution in [-0.2, 0) is 16.0 Å². The van der Waals surface area contributed by atoms with Gasteiger partial charge in [-0.25, -0.2) is 9.07 Å². The number of unbranched alkanes of at least 4 members (excludes halogenated alkanes) is 1. The third-order valence-corrected chi connectivity index (χ3v) is 5.84. The minimum absolute atomic E-state index is 0.0660. The Morgan fingerprint density at radius 3 is 2.55 bits per heavy atom. The van der Waals surface area contributed by atoms with Gasteiger partial charge < -0.3 is 5.32 Å².